The van der Waals surface area contributed by atoms with E-state index in [1.165, 1.54) is 0 Å². The van der Waals surface area contributed by atoms with Crippen LogP contribution in [0.1, 0.15) is 12.8 Å². The van der Waals surface area contributed by atoms with Crippen molar-refractivity contribution in [3.05, 3.63) is 0 Å². The maximum Gasteiger partial charge on any atom is 0.401 e. The second-order valence-electron chi connectivity index (χ2n) is 3.53. The van der Waals surface area contributed by atoms with E-state index in [-0.39, 0.29) is 6.54 Å². The number of rotatable bonds is 2. The van der Waals surface area contributed by atoms with Crippen molar-refractivity contribution in [2.45, 2.75) is 19.0 Å². The molecule has 1 fully saturated rings. The maximum absolute atomic E-state index is 12.0. The molecule has 14 heavy (non-hydrogen) atoms. The van der Waals surface area contributed by atoms with E-state index in [1.807, 2.05) is 0 Å². The second kappa shape index (κ2) is 4.16. The third kappa shape index (κ3) is 3.53. The molecule has 1 N–H and O–H groups in total. The van der Waals surface area contributed by atoms with Gasteiger partial charge in [-0.3, -0.25) is 9.69 Å². The number of alkyl halides is 3. The molecule has 0 radical (unpaired) electrons. The van der Waals surface area contributed by atoms with Gasteiger partial charge >= 0.3 is 12.1 Å². The summed E-state index contributed by atoms with van der Waals surface area (Å²) in [5, 5.41) is 8.65. The van der Waals surface area contributed by atoms with Gasteiger partial charge in [0.1, 0.15) is 0 Å². The van der Waals surface area contributed by atoms with Crippen molar-refractivity contribution in [1.29, 1.82) is 0 Å². The zero-order valence-electron chi connectivity index (χ0n) is 7.55. The lowest BCUT2D eigenvalue weighted by Gasteiger charge is -2.30. The van der Waals surface area contributed by atoms with E-state index in [1.54, 1.807) is 0 Å². The molecule has 1 aliphatic rings. The average Bonchev–Trinajstić information content (AvgIpc) is 2.01. The zero-order chi connectivity index (χ0) is 10.8. The van der Waals surface area contributed by atoms with Crippen LogP contribution < -0.4 is 0 Å². The third-order valence-electron chi connectivity index (χ3n) is 2.26. The smallest absolute Gasteiger partial charge is 0.401 e. The van der Waals surface area contributed by atoms with Crippen molar-refractivity contribution >= 4 is 5.97 Å². The summed E-state index contributed by atoms with van der Waals surface area (Å²) < 4.78 is 35.9. The second-order valence-corrected chi connectivity index (χ2v) is 3.53. The largest absolute Gasteiger partial charge is 0.481 e. The maximum atomic E-state index is 12.0. The molecule has 3 nitrogen and oxygen atoms in total. The number of carbonyl (C=O) groups is 1. The van der Waals surface area contributed by atoms with Gasteiger partial charge in [-0.05, 0) is 19.4 Å². The highest BCUT2D eigenvalue weighted by Gasteiger charge is 2.34. The Balaban J connectivity index is 2.44. The SMILES string of the molecule is O=C(O)C1CCCN(CC(F)(F)F)C1. The van der Waals surface area contributed by atoms with Gasteiger partial charge in [0.15, 0.2) is 0 Å². The van der Waals surface area contributed by atoms with Crippen LogP contribution in [-0.4, -0.2) is 41.8 Å². The Morgan fingerprint density at radius 2 is 2.14 bits per heavy atom. The van der Waals surface area contributed by atoms with Crippen LogP contribution in [0, 0.1) is 5.92 Å². The first-order chi connectivity index (χ1) is 6.38. The van der Waals surface area contributed by atoms with Crippen molar-refractivity contribution in [2.75, 3.05) is 19.6 Å². The van der Waals surface area contributed by atoms with Gasteiger partial charge in [0, 0.05) is 6.54 Å². The molecule has 1 saturated heterocycles. The van der Waals surface area contributed by atoms with E-state index in [9.17, 15) is 18.0 Å². The van der Waals surface area contributed by atoms with Crippen LogP contribution in [0.5, 0.6) is 0 Å². The summed E-state index contributed by atoms with van der Waals surface area (Å²) in [4.78, 5) is 11.7. The topological polar surface area (TPSA) is 40.5 Å². The van der Waals surface area contributed by atoms with Gasteiger partial charge in [-0.15, -0.1) is 0 Å². The van der Waals surface area contributed by atoms with Crippen molar-refractivity contribution in [3.8, 4) is 0 Å². The van der Waals surface area contributed by atoms with E-state index in [0.717, 1.165) is 4.90 Å². The molecular formula is C8H12F3NO2. The van der Waals surface area contributed by atoms with E-state index < -0.39 is 24.6 Å². The fraction of sp³-hybridized carbons (Fsp3) is 0.875. The Bertz CT molecular complexity index is 217. The molecule has 0 aromatic carbocycles. The Kier molecular flexibility index (Phi) is 3.36. The summed E-state index contributed by atoms with van der Waals surface area (Å²) >= 11 is 0. The summed E-state index contributed by atoms with van der Waals surface area (Å²) in [5.41, 5.74) is 0. The van der Waals surface area contributed by atoms with Crippen LogP contribution in [-0.2, 0) is 4.79 Å². The number of halogens is 3. The first-order valence-corrected chi connectivity index (χ1v) is 4.40. The minimum absolute atomic E-state index is 0.00877. The monoisotopic (exact) mass is 211 g/mol. The summed E-state index contributed by atoms with van der Waals surface area (Å²) in [6.07, 6.45) is -3.24. The minimum atomic E-state index is -4.24. The lowest BCUT2D eigenvalue weighted by Crippen LogP contribution is -2.43. The van der Waals surface area contributed by atoms with Crippen LogP contribution in [0.4, 0.5) is 13.2 Å². The number of hydrogen-bond acceptors (Lipinski definition) is 2. The normalized spacial score (nSPS) is 24.9. The van der Waals surface area contributed by atoms with Crippen molar-refractivity contribution in [3.63, 3.8) is 0 Å². The van der Waals surface area contributed by atoms with Crippen molar-refractivity contribution < 1.29 is 23.1 Å². The molecule has 6 heteroatoms. The molecule has 1 rings (SSSR count). The van der Waals surface area contributed by atoms with Gasteiger partial charge in [-0.25, -0.2) is 0 Å². The van der Waals surface area contributed by atoms with Crippen molar-refractivity contribution in [2.24, 2.45) is 5.92 Å². The van der Waals surface area contributed by atoms with E-state index in [4.69, 9.17) is 5.11 Å². The number of nitrogens with zero attached hydrogens (tertiary/aromatic N) is 1. The van der Waals surface area contributed by atoms with Crippen LogP contribution in [0.15, 0.2) is 0 Å². The number of hydrogen-bond donors (Lipinski definition) is 1. The van der Waals surface area contributed by atoms with Gasteiger partial charge < -0.3 is 5.11 Å². The highest BCUT2D eigenvalue weighted by molar-refractivity contribution is 5.70. The van der Waals surface area contributed by atoms with E-state index in [2.05, 4.69) is 0 Å². The molecular weight excluding hydrogens is 199 g/mol. The number of piperidine rings is 1. The first-order valence-electron chi connectivity index (χ1n) is 4.40. The lowest BCUT2D eigenvalue weighted by molar-refractivity contribution is -0.157. The molecule has 82 valence electrons. The standard InChI is InChI=1S/C8H12F3NO2/c9-8(10,11)5-12-3-1-2-6(4-12)7(13)14/h6H,1-5H2,(H,13,14). The molecule has 0 aromatic rings. The molecule has 1 unspecified atom stereocenters. The Morgan fingerprint density at radius 1 is 1.50 bits per heavy atom. The summed E-state index contributed by atoms with van der Waals surface area (Å²) in [5.74, 6) is -1.65. The van der Waals surface area contributed by atoms with Gasteiger partial charge in [-0.2, -0.15) is 13.2 Å². The predicted octanol–water partition coefficient (Wildman–Crippen LogP) is 1.35. The van der Waals surface area contributed by atoms with E-state index >= 15 is 0 Å². The summed E-state index contributed by atoms with van der Waals surface area (Å²) in [6.45, 7) is -0.658. The zero-order valence-corrected chi connectivity index (χ0v) is 7.55. The van der Waals surface area contributed by atoms with Crippen LogP contribution in [0.25, 0.3) is 0 Å². The number of likely N-dealkylation sites (tertiary alicyclic amines) is 1. The summed E-state index contributed by atoms with van der Waals surface area (Å²) in [6, 6.07) is 0. The number of aliphatic carboxylic acids is 1. The molecule has 1 atom stereocenters. The fourth-order valence-corrected chi connectivity index (χ4v) is 1.65. The van der Waals surface area contributed by atoms with Crippen LogP contribution >= 0.6 is 0 Å². The van der Waals surface area contributed by atoms with Gasteiger partial charge in [0.25, 0.3) is 0 Å². The predicted molar refractivity (Wildman–Crippen MR) is 42.9 cm³/mol. The molecule has 0 bridgehead atoms. The molecule has 0 aliphatic carbocycles. The molecule has 1 heterocycles. The highest BCUT2D eigenvalue weighted by atomic mass is 19.4. The Morgan fingerprint density at radius 3 is 2.64 bits per heavy atom. The van der Waals surface area contributed by atoms with Gasteiger partial charge in [0.2, 0.25) is 0 Å². The fourth-order valence-electron chi connectivity index (χ4n) is 1.65. The molecule has 0 amide bonds. The third-order valence-corrected chi connectivity index (χ3v) is 2.26. The average molecular weight is 211 g/mol. The van der Waals surface area contributed by atoms with Crippen LogP contribution in [0.3, 0.4) is 0 Å². The molecule has 0 saturated carbocycles. The lowest BCUT2D eigenvalue weighted by atomic mass is 9.98. The quantitative estimate of drug-likeness (QED) is 0.749. The van der Waals surface area contributed by atoms with E-state index in [0.29, 0.717) is 19.4 Å². The molecule has 0 aromatic heterocycles. The minimum Gasteiger partial charge on any atom is -0.481 e. The van der Waals surface area contributed by atoms with Gasteiger partial charge in [0.05, 0.1) is 12.5 Å². The molecule has 0 spiro atoms. The molecule has 1 aliphatic heterocycles. The first kappa shape index (κ1) is 11.3. The highest BCUT2D eigenvalue weighted by Crippen LogP contribution is 2.22. The van der Waals surface area contributed by atoms with Crippen molar-refractivity contribution in [1.82, 2.24) is 4.90 Å². The van der Waals surface area contributed by atoms with Gasteiger partial charge in [-0.1, -0.05) is 0 Å². The number of carboxylic acids is 1. The van der Waals surface area contributed by atoms with Crippen LogP contribution in [0.2, 0.25) is 0 Å². The summed E-state index contributed by atoms with van der Waals surface area (Å²) in [7, 11) is 0. The Labute approximate surface area is 79.5 Å². The Hall–Kier alpha value is -0.780. The number of carboxylic acid groups (broad SMARTS) is 1.